The minimum absolute atomic E-state index is 0.000825. The molecule has 118 valence electrons. The van der Waals surface area contributed by atoms with Crippen molar-refractivity contribution in [3.05, 3.63) is 65.7 Å². The summed E-state index contributed by atoms with van der Waals surface area (Å²) < 4.78 is 0. The highest BCUT2D eigenvalue weighted by Gasteiger charge is 2.33. The molecule has 1 amide bonds. The minimum Gasteiger partial charge on any atom is -0.312 e. The van der Waals surface area contributed by atoms with E-state index in [0.29, 0.717) is 5.92 Å². The average molecular weight is 307 g/mol. The number of anilines is 1. The van der Waals surface area contributed by atoms with Crippen molar-refractivity contribution in [2.45, 2.75) is 18.3 Å². The molecule has 0 bridgehead atoms. The first kappa shape index (κ1) is 14.4. The van der Waals surface area contributed by atoms with Gasteiger partial charge in [-0.2, -0.15) is 0 Å². The fraction of sp³-hybridized carbons (Fsp3) is 0.316. The quantitative estimate of drug-likeness (QED) is 0.915. The van der Waals surface area contributed by atoms with Crippen molar-refractivity contribution in [1.82, 2.24) is 10.9 Å². The molecule has 0 radical (unpaired) electrons. The number of carbonyl (C=O) groups is 1. The largest absolute Gasteiger partial charge is 0.312 e. The standard InChI is InChI=1S/C19H21N3O/c23-19-18(15-4-2-1-3-5-15)10-11-22(19)17-8-6-14(7-9-17)16-12-20-21-13-16/h1-9,16,18,20-21H,10-13H2. The molecule has 2 saturated heterocycles. The van der Waals surface area contributed by atoms with E-state index in [-0.39, 0.29) is 11.8 Å². The lowest BCUT2D eigenvalue weighted by Gasteiger charge is -2.18. The molecule has 0 saturated carbocycles. The third-order valence-electron chi connectivity index (χ3n) is 4.91. The molecule has 0 aromatic heterocycles. The maximum absolute atomic E-state index is 12.8. The molecule has 4 nitrogen and oxygen atoms in total. The zero-order chi connectivity index (χ0) is 15.6. The number of carbonyl (C=O) groups excluding carboxylic acids is 1. The van der Waals surface area contributed by atoms with E-state index in [9.17, 15) is 4.79 Å². The average Bonchev–Trinajstić information content (AvgIpc) is 3.26. The number of hydrogen-bond donors (Lipinski definition) is 2. The van der Waals surface area contributed by atoms with Crippen molar-refractivity contribution in [3.8, 4) is 0 Å². The number of hydrazine groups is 1. The Balaban J connectivity index is 1.51. The zero-order valence-electron chi connectivity index (χ0n) is 13.0. The normalized spacial score (nSPS) is 22.0. The first-order valence-corrected chi connectivity index (χ1v) is 8.25. The fourth-order valence-electron chi connectivity index (χ4n) is 3.56. The predicted molar refractivity (Wildman–Crippen MR) is 91.3 cm³/mol. The van der Waals surface area contributed by atoms with E-state index in [4.69, 9.17) is 0 Å². The van der Waals surface area contributed by atoms with Crippen LogP contribution in [0, 0.1) is 0 Å². The van der Waals surface area contributed by atoms with Crippen LogP contribution in [0.2, 0.25) is 0 Å². The topological polar surface area (TPSA) is 44.4 Å². The molecule has 4 rings (SSSR count). The van der Waals surface area contributed by atoms with Gasteiger partial charge >= 0.3 is 0 Å². The van der Waals surface area contributed by atoms with E-state index in [1.807, 2.05) is 23.1 Å². The lowest BCUT2D eigenvalue weighted by atomic mass is 9.98. The van der Waals surface area contributed by atoms with Crippen LogP contribution < -0.4 is 15.8 Å². The van der Waals surface area contributed by atoms with Crippen LogP contribution in [0.5, 0.6) is 0 Å². The summed E-state index contributed by atoms with van der Waals surface area (Å²) in [6.45, 7) is 2.71. The van der Waals surface area contributed by atoms with Gasteiger partial charge in [-0.3, -0.25) is 15.6 Å². The highest BCUT2D eigenvalue weighted by atomic mass is 16.2. The molecule has 0 aliphatic carbocycles. The van der Waals surface area contributed by atoms with Crippen LogP contribution in [0.15, 0.2) is 54.6 Å². The highest BCUT2D eigenvalue weighted by molar-refractivity contribution is 6.00. The Bertz CT molecular complexity index is 678. The Kier molecular flexibility index (Phi) is 3.85. The lowest BCUT2D eigenvalue weighted by Crippen LogP contribution is -2.26. The van der Waals surface area contributed by atoms with Crippen molar-refractivity contribution in [2.24, 2.45) is 0 Å². The SMILES string of the molecule is O=C1C(c2ccccc2)CCN1c1ccc(C2CNNC2)cc1. The summed E-state index contributed by atoms with van der Waals surface area (Å²) in [5.74, 6) is 0.725. The molecule has 23 heavy (non-hydrogen) atoms. The molecular weight excluding hydrogens is 286 g/mol. The molecule has 1 atom stereocenters. The van der Waals surface area contributed by atoms with Crippen LogP contribution in [0.25, 0.3) is 0 Å². The summed E-state index contributed by atoms with van der Waals surface area (Å²) in [6.07, 6.45) is 0.890. The van der Waals surface area contributed by atoms with Crippen LogP contribution in [-0.4, -0.2) is 25.5 Å². The van der Waals surface area contributed by atoms with Crippen LogP contribution in [0.1, 0.15) is 29.4 Å². The van der Waals surface area contributed by atoms with Gasteiger partial charge in [-0.1, -0.05) is 42.5 Å². The van der Waals surface area contributed by atoms with E-state index in [1.54, 1.807) is 0 Å². The molecule has 2 aliphatic rings. The Morgan fingerprint density at radius 1 is 0.870 bits per heavy atom. The van der Waals surface area contributed by atoms with Gasteiger partial charge in [0.05, 0.1) is 5.92 Å². The van der Waals surface area contributed by atoms with E-state index in [2.05, 4.69) is 47.2 Å². The molecule has 2 heterocycles. The Morgan fingerprint density at radius 2 is 1.57 bits per heavy atom. The molecule has 4 heteroatoms. The first-order valence-electron chi connectivity index (χ1n) is 8.25. The number of benzene rings is 2. The van der Waals surface area contributed by atoms with Crippen LogP contribution in [0.3, 0.4) is 0 Å². The van der Waals surface area contributed by atoms with Crippen molar-refractivity contribution >= 4 is 11.6 Å². The van der Waals surface area contributed by atoms with Gasteiger partial charge < -0.3 is 4.90 Å². The molecule has 2 aromatic rings. The van der Waals surface area contributed by atoms with E-state index in [1.165, 1.54) is 5.56 Å². The smallest absolute Gasteiger partial charge is 0.234 e. The Hall–Kier alpha value is -2.17. The summed E-state index contributed by atoms with van der Waals surface area (Å²) >= 11 is 0. The van der Waals surface area contributed by atoms with Crippen LogP contribution in [-0.2, 0) is 4.79 Å². The predicted octanol–water partition coefficient (Wildman–Crippen LogP) is 2.40. The number of nitrogens with one attached hydrogen (secondary N) is 2. The van der Waals surface area contributed by atoms with Gasteiger partial charge in [0.25, 0.3) is 0 Å². The molecule has 2 aliphatic heterocycles. The molecule has 2 aromatic carbocycles. The van der Waals surface area contributed by atoms with Gasteiger partial charge in [0.1, 0.15) is 0 Å². The third-order valence-corrected chi connectivity index (χ3v) is 4.91. The number of hydrogen-bond acceptors (Lipinski definition) is 3. The summed E-state index contributed by atoms with van der Waals surface area (Å²) in [5, 5.41) is 0. The monoisotopic (exact) mass is 307 g/mol. The van der Waals surface area contributed by atoms with E-state index in [0.717, 1.165) is 37.3 Å². The second-order valence-electron chi connectivity index (χ2n) is 6.29. The molecule has 1 unspecified atom stereocenters. The second-order valence-corrected chi connectivity index (χ2v) is 6.29. The maximum Gasteiger partial charge on any atom is 0.234 e. The maximum atomic E-state index is 12.8. The fourth-order valence-corrected chi connectivity index (χ4v) is 3.56. The lowest BCUT2D eigenvalue weighted by molar-refractivity contribution is -0.118. The van der Waals surface area contributed by atoms with Gasteiger partial charge in [0.2, 0.25) is 5.91 Å². The number of nitrogens with zero attached hydrogens (tertiary/aromatic N) is 1. The molecule has 2 N–H and O–H groups in total. The van der Waals surface area contributed by atoms with Crippen LogP contribution in [0.4, 0.5) is 5.69 Å². The van der Waals surface area contributed by atoms with Gasteiger partial charge in [0, 0.05) is 31.2 Å². The summed E-state index contributed by atoms with van der Waals surface area (Å²) in [6, 6.07) is 18.6. The summed E-state index contributed by atoms with van der Waals surface area (Å²) in [5.41, 5.74) is 9.77. The van der Waals surface area contributed by atoms with Gasteiger partial charge in [-0.15, -0.1) is 0 Å². The van der Waals surface area contributed by atoms with Crippen molar-refractivity contribution in [2.75, 3.05) is 24.5 Å². The summed E-state index contributed by atoms with van der Waals surface area (Å²) in [7, 11) is 0. The van der Waals surface area contributed by atoms with Crippen LogP contribution >= 0.6 is 0 Å². The Morgan fingerprint density at radius 3 is 2.26 bits per heavy atom. The number of amides is 1. The van der Waals surface area contributed by atoms with Gasteiger partial charge in [-0.25, -0.2) is 0 Å². The van der Waals surface area contributed by atoms with Gasteiger partial charge in [0.15, 0.2) is 0 Å². The molecular formula is C19H21N3O. The Labute approximate surface area is 136 Å². The summed E-state index contributed by atoms with van der Waals surface area (Å²) in [4.78, 5) is 14.7. The van der Waals surface area contributed by atoms with Crippen molar-refractivity contribution < 1.29 is 4.79 Å². The molecule has 0 spiro atoms. The zero-order valence-corrected chi connectivity index (χ0v) is 13.0. The second kappa shape index (κ2) is 6.14. The highest BCUT2D eigenvalue weighted by Crippen LogP contribution is 2.32. The third kappa shape index (κ3) is 2.76. The van der Waals surface area contributed by atoms with Crippen molar-refractivity contribution in [1.29, 1.82) is 0 Å². The minimum atomic E-state index is -0.000825. The first-order chi connectivity index (χ1) is 11.3. The van der Waals surface area contributed by atoms with Gasteiger partial charge in [-0.05, 0) is 29.7 Å². The molecule has 2 fully saturated rings. The van der Waals surface area contributed by atoms with E-state index < -0.39 is 0 Å². The number of rotatable bonds is 3. The van der Waals surface area contributed by atoms with Crippen molar-refractivity contribution in [3.63, 3.8) is 0 Å². The van der Waals surface area contributed by atoms with E-state index >= 15 is 0 Å².